The number of rotatable bonds is 5. The molecule has 112 valence electrons. The average Bonchev–Trinajstić information content (AvgIpc) is 2.82. The summed E-state index contributed by atoms with van der Waals surface area (Å²) in [5.74, 6) is 0.247. The second kappa shape index (κ2) is 6.20. The molecule has 0 bridgehead atoms. The minimum Gasteiger partial charge on any atom is -0.326 e. The molecule has 6 heteroatoms. The monoisotopic (exact) mass is 300 g/mol. The maximum absolute atomic E-state index is 13.8. The topological polar surface area (TPSA) is 72.2 Å². The fourth-order valence-corrected chi connectivity index (χ4v) is 3.88. The zero-order chi connectivity index (χ0) is 14.8. The zero-order valence-corrected chi connectivity index (χ0v) is 12.4. The molecule has 1 aliphatic carbocycles. The van der Waals surface area contributed by atoms with Gasteiger partial charge < -0.3 is 5.73 Å². The summed E-state index contributed by atoms with van der Waals surface area (Å²) in [6.45, 7) is 2.73. The van der Waals surface area contributed by atoms with Gasteiger partial charge in [-0.15, -0.1) is 0 Å². The second-order valence-electron chi connectivity index (χ2n) is 5.61. The Balaban J connectivity index is 2.06. The summed E-state index contributed by atoms with van der Waals surface area (Å²) in [5, 5.41) is 0. The number of nitrogens with one attached hydrogen (secondary N) is 1. The molecule has 1 fully saturated rings. The van der Waals surface area contributed by atoms with Crippen molar-refractivity contribution in [3.8, 4) is 0 Å². The SMILES string of the molecule is CC1CCC(CNS(=O)(=O)c2ccc(CN)cc2F)C1. The number of halogens is 1. The van der Waals surface area contributed by atoms with Crippen molar-refractivity contribution >= 4 is 10.0 Å². The third kappa shape index (κ3) is 3.56. The van der Waals surface area contributed by atoms with Gasteiger partial charge in [-0.05, 0) is 42.4 Å². The van der Waals surface area contributed by atoms with Gasteiger partial charge >= 0.3 is 0 Å². The van der Waals surface area contributed by atoms with Gasteiger partial charge in [-0.2, -0.15) is 0 Å². The summed E-state index contributed by atoms with van der Waals surface area (Å²) < 4.78 is 40.6. The van der Waals surface area contributed by atoms with Crippen molar-refractivity contribution in [3.05, 3.63) is 29.6 Å². The number of benzene rings is 1. The highest BCUT2D eigenvalue weighted by Crippen LogP contribution is 2.30. The molecule has 0 radical (unpaired) electrons. The molecule has 0 spiro atoms. The predicted molar refractivity (Wildman–Crippen MR) is 76.0 cm³/mol. The van der Waals surface area contributed by atoms with E-state index in [0.29, 0.717) is 23.9 Å². The van der Waals surface area contributed by atoms with Gasteiger partial charge in [0.25, 0.3) is 0 Å². The van der Waals surface area contributed by atoms with Crippen LogP contribution in [0.1, 0.15) is 31.7 Å². The molecule has 0 heterocycles. The molecule has 2 rings (SSSR count). The maximum Gasteiger partial charge on any atom is 0.243 e. The van der Waals surface area contributed by atoms with E-state index >= 15 is 0 Å². The summed E-state index contributed by atoms with van der Waals surface area (Å²) in [6.07, 6.45) is 3.18. The van der Waals surface area contributed by atoms with E-state index in [1.807, 2.05) is 0 Å². The Hall–Kier alpha value is -0.980. The highest BCUT2D eigenvalue weighted by Gasteiger charge is 2.25. The van der Waals surface area contributed by atoms with E-state index in [2.05, 4.69) is 11.6 Å². The summed E-state index contributed by atoms with van der Waals surface area (Å²) >= 11 is 0. The van der Waals surface area contributed by atoms with Crippen LogP contribution in [0.4, 0.5) is 4.39 Å². The van der Waals surface area contributed by atoms with E-state index in [9.17, 15) is 12.8 Å². The Labute approximate surface area is 119 Å². The highest BCUT2D eigenvalue weighted by molar-refractivity contribution is 7.89. The average molecular weight is 300 g/mol. The minimum absolute atomic E-state index is 0.185. The van der Waals surface area contributed by atoms with Crippen LogP contribution in [-0.2, 0) is 16.6 Å². The molecule has 1 aliphatic rings. The van der Waals surface area contributed by atoms with Crippen molar-refractivity contribution in [2.45, 2.75) is 37.6 Å². The first-order valence-electron chi connectivity index (χ1n) is 6.90. The van der Waals surface area contributed by atoms with Crippen molar-refractivity contribution in [1.29, 1.82) is 0 Å². The van der Waals surface area contributed by atoms with Crippen molar-refractivity contribution in [2.24, 2.45) is 17.6 Å². The first kappa shape index (κ1) is 15.4. The van der Waals surface area contributed by atoms with E-state index in [0.717, 1.165) is 19.3 Å². The van der Waals surface area contributed by atoms with E-state index < -0.39 is 15.8 Å². The Morgan fingerprint density at radius 3 is 2.70 bits per heavy atom. The smallest absolute Gasteiger partial charge is 0.243 e. The van der Waals surface area contributed by atoms with Crippen LogP contribution in [0.15, 0.2) is 23.1 Å². The van der Waals surface area contributed by atoms with Crippen molar-refractivity contribution in [1.82, 2.24) is 4.72 Å². The quantitative estimate of drug-likeness (QED) is 0.873. The maximum atomic E-state index is 13.8. The lowest BCUT2D eigenvalue weighted by Gasteiger charge is -2.12. The molecule has 0 amide bonds. The first-order chi connectivity index (χ1) is 9.42. The van der Waals surface area contributed by atoms with Gasteiger partial charge in [-0.3, -0.25) is 0 Å². The van der Waals surface area contributed by atoms with Crippen LogP contribution >= 0.6 is 0 Å². The van der Waals surface area contributed by atoms with Crippen LogP contribution in [0.3, 0.4) is 0 Å². The fraction of sp³-hybridized carbons (Fsp3) is 0.571. The lowest BCUT2D eigenvalue weighted by atomic mass is 10.1. The van der Waals surface area contributed by atoms with Gasteiger partial charge in [-0.1, -0.05) is 19.4 Å². The summed E-state index contributed by atoms with van der Waals surface area (Å²) in [5.41, 5.74) is 5.98. The van der Waals surface area contributed by atoms with Gasteiger partial charge in [0, 0.05) is 13.1 Å². The largest absolute Gasteiger partial charge is 0.326 e. The predicted octanol–water partition coefficient (Wildman–Crippen LogP) is 2.00. The van der Waals surface area contributed by atoms with E-state index in [-0.39, 0.29) is 11.4 Å². The van der Waals surface area contributed by atoms with E-state index in [1.54, 1.807) is 0 Å². The van der Waals surface area contributed by atoms with E-state index in [1.165, 1.54) is 18.2 Å². The molecule has 1 aromatic carbocycles. The summed E-state index contributed by atoms with van der Waals surface area (Å²) in [7, 11) is -3.79. The van der Waals surface area contributed by atoms with E-state index in [4.69, 9.17) is 5.73 Å². The standard InChI is InChI=1S/C14H21FN2O2S/c1-10-2-3-12(6-10)9-17-20(18,19)14-5-4-11(8-16)7-13(14)15/h4-5,7,10,12,17H,2-3,6,8-9,16H2,1H3. The summed E-state index contributed by atoms with van der Waals surface area (Å²) in [4.78, 5) is -0.305. The van der Waals surface area contributed by atoms with Gasteiger partial charge in [-0.25, -0.2) is 17.5 Å². The van der Waals surface area contributed by atoms with Crippen molar-refractivity contribution < 1.29 is 12.8 Å². The molecule has 4 nitrogen and oxygen atoms in total. The zero-order valence-electron chi connectivity index (χ0n) is 11.6. The third-order valence-corrected chi connectivity index (χ3v) is 5.34. The van der Waals surface area contributed by atoms with Crippen molar-refractivity contribution in [2.75, 3.05) is 6.54 Å². The van der Waals surface area contributed by atoms with Crippen LogP contribution in [0, 0.1) is 17.7 Å². The molecular weight excluding hydrogens is 279 g/mol. The third-order valence-electron chi connectivity index (χ3n) is 3.89. The number of sulfonamides is 1. The van der Waals surface area contributed by atoms with Gasteiger partial charge in [0.05, 0.1) is 0 Å². The van der Waals surface area contributed by atoms with Crippen LogP contribution in [0.2, 0.25) is 0 Å². The summed E-state index contributed by atoms with van der Waals surface area (Å²) in [6, 6.07) is 3.98. The normalized spacial score (nSPS) is 23.1. The highest BCUT2D eigenvalue weighted by atomic mass is 32.2. The van der Waals surface area contributed by atoms with Crippen molar-refractivity contribution in [3.63, 3.8) is 0 Å². The molecular formula is C14H21FN2O2S. The van der Waals surface area contributed by atoms with Gasteiger partial charge in [0.15, 0.2) is 0 Å². The Kier molecular flexibility index (Phi) is 4.78. The number of hydrogen-bond donors (Lipinski definition) is 2. The molecule has 2 atom stereocenters. The molecule has 0 saturated heterocycles. The lowest BCUT2D eigenvalue weighted by molar-refractivity contribution is 0.495. The first-order valence-corrected chi connectivity index (χ1v) is 8.39. The van der Waals surface area contributed by atoms with Crippen LogP contribution in [-0.4, -0.2) is 15.0 Å². The Morgan fingerprint density at radius 1 is 1.40 bits per heavy atom. The number of nitrogens with two attached hydrogens (primary N) is 1. The van der Waals surface area contributed by atoms with Crippen LogP contribution < -0.4 is 10.5 Å². The Bertz CT molecular complexity index is 575. The minimum atomic E-state index is -3.79. The van der Waals surface area contributed by atoms with Crippen LogP contribution in [0.5, 0.6) is 0 Å². The second-order valence-corrected chi connectivity index (χ2v) is 7.34. The van der Waals surface area contributed by atoms with Gasteiger partial charge in [0.1, 0.15) is 10.7 Å². The number of hydrogen-bond acceptors (Lipinski definition) is 3. The van der Waals surface area contributed by atoms with Crippen LogP contribution in [0.25, 0.3) is 0 Å². The molecule has 1 saturated carbocycles. The molecule has 1 aromatic rings. The molecule has 2 unspecified atom stereocenters. The molecule has 0 aliphatic heterocycles. The molecule has 3 N–H and O–H groups in total. The molecule has 20 heavy (non-hydrogen) atoms. The fourth-order valence-electron chi connectivity index (χ4n) is 2.70. The Morgan fingerprint density at radius 2 is 2.15 bits per heavy atom. The lowest BCUT2D eigenvalue weighted by Crippen LogP contribution is -2.29. The van der Waals surface area contributed by atoms with Gasteiger partial charge in [0.2, 0.25) is 10.0 Å². The molecule has 0 aromatic heterocycles.